The highest BCUT2D eigenvalue weighted by molar-refractivity contribution is 14.0. The Hall–Kier alpha value is -1.02. The van der Waals surface area contributed by atoms with Crippen LogP contribution in [0.3, 0.4) is 0 Å². The molecule has 140 valence electrons. The maximum absolute atomic E-state index is 6.26. The lowest BCUT2D eigenvalue weighted by Crippen LogP contribution is -2.41. The number of nitrogens with two attached hydrogens (primary N) is 1. The van der Waals surface area contributed by atoms with Gasteiger partial charge in [0, 0.05) is 13.1 Å². The zero-order chi connectivity index (χ0) is 16.8. The van der Waals surface area contributed by atoms with Gasteiger partial charge in [0.05, 0.1) is 19.7 Å². The van der Waals surface area contributed by atoms with Crippen LogP contribution in [0.1, 0.15) is 43.7 Å². The minimum Gasteiger partial charge on any atom is -0.497 e. The van der Waals surface area contributed by atoms with Crippen LogP contribution in [0.5, 0.6) is 5.75 Å². The molecule has 2 aliphatic rings. The molecule has 2 saturated heterocycles. The molecule has 1 aromatic rings. The van der Waals surface area contributed by atoms with Crippen molar-refractivity contribution in [2.24, 2.45) is 10.7 Å². The third-order valence-electron chi connectivity index (χ3n) is 5.19. The molecule has 1 atom stereocenters. The Morgan fingerprint density at radius 1 is 1.04 bits per heavy atom. The maximum Gasteiger partial charge on any atom is 0.191 e. The molecule has 2 heterocycles. The van der Waals surface area contributed by atoms with Crippen molar-refractivity contribution >= 4 is 29.9 Å². The van der Waals surface area contributed by atoms with E-state index in [-0.39, 0.29) is 24.0 Å². The lowest BCUT2D eigenvalue weighted by molar-refractivity contribution is 0.250. The van der Waals surface area contributed by atoms with Gasteiger partial charge in [-0.2, -0.15) is 0 Å². The average Bonchev–Trinajstić information content (AvgIpc) is 3.17. The van der Waals surface area contributed by atoms with Crippen molar-refractivity contribution in [3.63, 3.8) is 0 Å². The van der Waals surface area contributed by atoms with Crippen molar-refractivity contribution in [3.05, 3.63) is 29.8 Å². The number of guanidine groups is 1. The second-order valence-electron chi connectivity index (χ2n) is 6.78. The molecule has 2 N–H and O–H groups in total. The number of aliphatic imine (C=N–C) groups is 1. The molecule has 0 radical (unpaired) electrons. The predicted molar refractivity (Wildman–Crippen MR) is 114 cm³/mol. The maximum atomic E-state index is 6.26. The van der Waals surface area contributed by atoms with Gasteiger partial charge in [-0.25, -0.2) is 0 Å². The second-order valence-corrected chi connectivity index (χ2v) is 6.78. The molecule has 2 aliphatic heterocycles. The molecule has 3 rings (SSSR count). The quantitative estimate of drug-likeness (QED) is 0.418. The molecular weight excluding hydrogens is 427 g/mol. The van der Waals surface area contributed by atoms with Crippen molar-refractivity contribution in [3.8, 4) is 5.75 Å². The number of methoxy groups -OCH3 is 1. The summed E-state index contributed by atoms with van der Waals surface area (Å²) in [6.07, 6.45) is 6.32. The van der Waals surface area contributed by atoms with Gasteiger partial charge in [0.1, 0.15) is 5.75 Å². The number of likely N-dealkylation sites (tertiary alicyclic amines) is 2. The summed E-state index contributed by atoms with van der Waals surface area (Å²) >= 11 is 0. The minimum absolute atomic E-state index is 0. The highest BCUT2D eigenvalue weighted by Gasteiger charge is 2.23. The monoisotopic (exact) mass is 458 g/mol. The molecule has 0 spiro atoms. The van der Waals surface area contributed by atoms with Gasteiger partial charge in [0.25, 0.3) is 0 Å². The van der Waals surface area contributed by atoms with E-state index in [0.29, 0.717) is 12.0 Å². The number of hydrogen-bond donors (Lipinski definition) is 1. The third-order valence-corrected chi connectivity index (χ3v) is 5.19. The fraction of sp³-hybridized carbons (Fsp3) is 0.632. The van der Waals surface area contributed by atoms with E-state index in [2.05, 4.69) is 21.9 Å². The van der Waals surface area contributed by atoms with Crippen LogP contribution < -0.4 is 10.5 Å². The fourth-order valence-corrected chi connectivity index (χ4v) is 3.71. The molecule has 2 fully saturated rings. The van der Waals surface area contributed by atoms with Gasteiger partial charge in [-0.15, -0.1) is 24.0 Å². The van der Waals surface area contributed by atoms with Crippen molar-refractivity contribution in [1.29, 1.82) is 0 Å². The summed E-state index contributed by atoms with van der Waals surface area (Å²) in [6, 6.07) is 8.71. The molecule has 0 saturated carbocycles. The van der Waals surface area contributed by atoms with E-state index in [1.54, 1.807) is 7.11 Å². The largest absolute Gasteiger partial charge is 0.497 e. The molecule has 6 heteroatoms. The van der Waals surface area contributed by atoms with E-state index in [1.165, 1.54) is 37.7 Å². The van der Waals surface area contributed by atoms with E-state index in [1.807, 2.05) is 12.1 Å². The minimum atomic E-state index is 0. The number of hydrogen-bond acceptors (Lipinski definition) is 3. The molecule has 1 aromatic carbocycles. The summed E-state index contributed by atoms with van der Waals surface area (Å²) in [4.78, 5) is 9.53. The SMILES string of the molecule is COc1ccc(C(CN=C(N)N2CCCCC2)N2CCCC2)cc1.I. The van der Waals surface area contributed by atoms with Gasteiger partial charge in [-0.3, -0.25) is 9.89 Å². The standard InChI is InChI=1S/C19H30N4O.HI/c1-24-17-9-7-16(8-10-17)18(22-11-5-6-12-22)15-21-19(20)23-13-3-2-4-14-23;/h7-10,18H,2-6,11-15H2,1H3,(H2,20,21);1H. The summed E-state index contributed by atoms with van der Waals surface area (Å²) in [6.45, 7) is 5.12. The molecule has 25 heavy (non-hydrogen) atoms. The number of benzene rings is 1. The summed E-state index contributed by atoms with van der Waals surface area (Å²) in [5, 5.41) is 0. The van der Waals surface area contributed by atoms with Gasteiger partial charge < -0.3 is 15.4 Å². The Labute approximate surface area is 168 Å². The highest BCUT2D eigenvalue weighted by atomic mass is 127. The summed E-state index contributed by atoms with van der Waals surface area (Å²) in [5.41, 5.74) is 7.56. The van der Waals surface area contributed by atoms with Gasteiger partial charge in [-0.05, 0) is 62.9 Å². The molecule has 0 bridgehead atoms. The van der Waals surface area contributed by atoms with Gasteiger partial charge in [-0.1, -0.05) is 12.1 Å². The lowest BCUT2D eigenvalue weighted by atomic mass is 10.1. The van der Waals surface area contributed by atoms with Crippen LogP contribution in [0.4, 0.5) is 0 Å². The molecule has 0 aromatic heterocycles. The Balaban J connectivity index is 0.00000225. The van der Waals surface area contributed by atoms with Crippen molar-refractivity contribution < 1.29 is 4.74 Å². The average molecular weight is 458 g/mol. The Bertz CT molecular complexity index is 537. The van der Waals surface area contributed by atoms with E-state index in [0.717, 1.165) is 38.5 Å². The normalized spacial score (nSPS) is 20.2. The lowest BCUT2D eigenvalue weighted by Gasteiger charge is -2.30. The Kier molecular flexibility index (Phi) is 8.29. The molecular formula is C19H31IN4O. The summed E-state index contributed by atoms with van der Waals surface area (Å²) < 4.78 is 5.28. The van der Waals surface area contributed by atoms with E-state index in [4.69, 9.17) is 15.5 Å². The van der Waals surface area contributed by atoms with E-state index < -0.39 is 0 Å². The van der Waals surface area contributed by atoms with Crippen LogP contribution in [-0.4, -0.2) is 55.6 Å². The number of halogens is 1. The molecule has 5 nitrogen and oxygen atoms in total. The van der Waals surface area contributed by atoms with E-state index >= 15 is 0 Å². The van der Waals surface area contributed by atoms with Crippen LogP contribution in [0.2, 0.25) is 0 Å². The predicted octanol–water partition coefficient (Wildman–Crippen LogP) is 3.25. The fourth-order valence-electron chi connectivity index (χ4n) is 3.71. The first-order valence-corrected chi connectivity index (χ1v) is 9.21. The number of ether oxygens (including phenoxy) is 1. The summed E-state index contributed by atoms with van der Waals surface area (Å²) in [5.74, 6) is 1.61. The third kappa shape index (κ3) is 5.48. The van der Waals surface area contributed by atoms with Gasteiger partial charge >= 0.3 is 0 Å². The van der Waals surface area contributed by atoms with Crippen LogP contribution in [-0.2, 0) is 0 Å². The highest BCUT2D eigenvalue weighted by Crippen LogP contribution is 2.27. The number of rotatable bonds is 5. The van der Waals surface area contributed by atoms with Gasteiger partial charge in [0.15, 0.2) is 5.96 Å². The first kappa shape index (κ1) is 20.3. The Morgan fingerprint density at radius 2 is 1.64 bits per heavy atom. The van der Waals surface area contributed by atoms with E-state index in [9.17, 15) is 0 Å². The van der Waals surface area contributed by atoms with Crippen LogP contribution in [0.15, 0.2) is 29.3 Å². The van der Waals surface area contributed by atoms with Crippen LogP contribution in [0.25, 0.3) is 0 Å². The number of nitrogens with zero attached hydrogens (tertiary/aromatic N) is 3. The zero-order valence-corrected chi connectivity index (χ0v) is 17.5. The first-order chi connectivity index (χ1) is 11.8. The van der Waals surface area contributed by atoms with Gasteiger partial charge in [0.2, 0.25) is 0 Å². The topological polar surface area (TPSA) is 54.1 Å². The van der Waals surface area contributed by atoms with Crippen LogP contribution >= 0.6 is 24.0 Å². The van der Waals surface area contributed by atoms with Crippen molar-refractivity contribution in [2.45, 2.75) is 38.1 Å². The molecule has 0 aliphatic carbocycles. The molecule has 1 unspecified atom stereocenters. The zero-order valence-electron chi connectivity index (χ0n) is 15.2. The first-order valence-electron chi connectivity index (χ1n) is 9.21. The smallest absolute Gasteiger partial charge is 0.191 e. The Morgan fingerprint density at radius 3 is 2.24 bits per heavy atom. The molecule has 0 amide bonds. The number of piperidine rings is 1. The van der Waals surface area contributed by atoms with Crippen molar-refractivity contribution in [2.75, 3.05) is 39.8 Å². The second kappa shape index (κ2) is 10.2. The van der Waals surface area contributed by atoms with Crippen molar-refractivity contribution in [1.82, 2.24) is 9.80 Å². The summed E-state index contributed by atoms with van der Waals surface area (Å²) in [7, 11) is 1.70. The van der Waals surface area contributed by atoms with Crippen LogP contribution in [0, 0.1) is 0 Å².